The Bertz CT molecular complexity index is 1570. The molecule has 5 rings (SSSR count). The number of aliphatic hydroxyl groups is 1. The molecular formula is C25H23ClN6O5. The van der Waals surface area contributed by atoms with Crippen molar-refractivity contribution in [3.63, 3.8) is 0 Å². The maximum atomic E-state index is 13.3. The summed E-state index contributed by atoms with van der Waals surface area (Å²) in [5, 5.41) is 27.4. The second-order valence-electron chi connectivity index (χ2n) is 8.87. The summed E-state index contributed by atoms with van der Waals surface area (Å²) >= 11 is 5.92. The molecule has 0 saturated carbocycles. The molecule has 0 aliphatic carbocycles. The van der Waals surface area contributed by atoms with Gasteiger partial charge >= 0.3 is 5.97 Å². The molecular weight excluding hydrogens is 500 g/mol. The molecule has 0 spiro atoms. The van der Waals surface area contributed by atoms with Crippen LogP contribution in [0, 0.1) is 0 Å². The van der Waals surface area contributed by atoms with Crippen LogP contribution in [0.1, 0.15) is 15.9 Å². The number of halogens is 1. The van der Waals surface area contributed by atoms with Crippen molar-refractivity contribution in [2.75, 3.05) is 18.0 Å². The number of carboxylic acid groups (broad SMARTS) is 1. The van der Waals surface area contributed by atoms with E-state index in [2.05, 4.69) is 15.4 Å². The predicted octanol–water partition coefficient (Wildman–Crippen LogP) is 1.65. The van der Waals surface area contributed by atoms with E-state index in [0.29, 0.717) is 34.7 Å². The fourth-order valence-corrected chi connectivity index (χ4v) is 4.50. The number of rotatable bonds is 7. The minimum absolute atomic E-state index is 0.130. The van der Waals surface area contributed by atoms with Gasteiger partial charge in [-0.3, -0.25) is 23.6 Å². The standard InChI is InChI=1S/C25H23ClN6O5/c1-30-10-15(8-29-30)20-9-27-23-18(22(20)31-11-17(33)12-31)6-19(25(37)32(23)13-21(34)35)24(36)28-7-14-2-4-16(26)5-3-14/h2-6,8-10,17,33H,7,11-13H2,1H3,(H,28,36)(H,34,35). The highest BCUT2D eigenvalue weighted by Crippen LogP contribution is 2.38. The smallest absolute Gasteiger partial charge is 0.323 e. The van der Waals surface area contributed by atoms with Gasteiger partial charge in [-0.25, -0.2) is 4.98 Å². The number of amides is 1. The maximum absolute atomic E-state index is 13.3. The Morgan fingerprint density at radius 2 is 1.92 bits per heavy atom. The zero-order chi connectivity index (χ0) is 26.3. The van der Waals surface area contributed by atoms with E-state index < -0.39 is 30.1 Å². The Labute approximate surface area is 215 Å². The van der Waals surface area contributed by atoms with Crippen LogP contribution in [-0.2, 0) is 24.9 Å². The zero-order valence-electron chi connectivity index (χ0n) is 19.8. The molecule has 11 nitrogen and oxygen atoms in total. The zero-order valence-corrected chi connectivity index (χ0v) is 20.5. The second kappa shape index (κ2) is 9.68. The van der Waals surface area contributed by atoms with E-state index in [1.54, 1.807) is 54.6 Å². The molecule has 0 atom stereocenters. The van der Waals surface area contributed by atoms with Gasteiger partial charge in [-0.2, -0.15) is 5.10 Å². The third-order valence-electron chi connectivity index (χ3n) is 6.19. The molecule has 0 unspecified atom stereocenters. The predicted molar refractivity (Wildman–Crippen MR) is 137 cm³/mol. The Hall–Kier alpha value is -4.22. The number of carbonyl (C=O) groups is 2. The number of benzene rings is 1. The quantitative estimate of drug-likeness (QED) is 0.332. The molecule has 1 amide bonds. The molecule has 4 aromatic rings. The molecule has 190 valence electrons. The van der Waals surface area contributed by atoms with E-state index in [1.165, 1.54) is 6.07 Å². The number of hydrogen-bond donors (Lipinski definition) is 3. The number of hydrogen-bond acceptors (Lipinski definition) is 7. The molecule has 3 N–H and O–H groups in total. The summed E-state index contributed by atoms with van der Waals surface area (Å²) in [6.45, 7) is 0.144. The molecule has 1 fully saturated rings. The molecule has 12 heteroatoms. The van der Waals surface area contributed by atoms with Crippen LogP contribution < -0.4 is 15.8 Å². The lowest BCUT2D eigenvalue weighted by Gasteiger charge is -2.39. The third-order valence-corrected chi connectivity index (χ3v) is 6.44. The van der Waals surface area contributed by atoms with Gasteiger partial charge < -0.3 is 20.4 Å². The van der Waals surface area contributed by atoms with Crippen LogP contribution in [-0.4, -0.2) is 60.6 Å². The first-order valence-corrected chi connectivity index (χ1v) is 11.8. The molecule has 1 aliphatic rings. The molecule has 0 bridgehead atoms. The van der Waals surface area contributed by atoms with Crippen molar-refractivity contribution >= 4 is 40.2 Å². The van der Waals surface area contributed by atoms with E-state index >= 15 is 0 Å². The van der Waals surface area contributed by atoms with Crippen LogP contribution in [0.25, 0.3) is 22.2 Å². The van der Waals surface area contributed by atoms with Crippen molar-refractivity contribution in [1.82, 2.24) is 24.6 Å². The number of aliphatic carboxylic acids is 1. The lowest BCUT2D eigenvalue weighted by molar-refractivity contribution is -0.137. The number of pyridine rings is 2. The van der Waals surface area contributed by atoms with Crippen molar-refractivity contribution in [1.29, 1.82) is 0 Å². The number of carbonyl (C=O) groups excluding carboxylic acids is 1. The highest BCUT2D eigenvalue weighted by Gasteiger charge is 2.30. The summed E-state index contributed by atoms with van der Waals surface area (Å²) in [4.78, 5) is 44.5. The number of carboxylic acids is 1. The van der Waals surface area contributed by atoms with Crippen LogP contribution in [0.4, 0.5) is 5.69 Å². The average Bonchev–Trinajstić information content (AvgIpc) is 3.28. The largest absolute Gasteiger partial charge is 0.480 e. The Morgan fingerprint density at radius 1 is 1.19 bits per heavy atom. The summed E-state index contributed by atoms with van der Waals surface area (Å²) in [5.74, 6) is -1.90. The van der Waals surface area contributed by atoms with E-state index in [-0.39, 0.29) is 17.8 Å². The maximum Gasteiger partial charge on any atom is 0.323 e. The first-order chi connectivity index (χ1) is 17.7. The molecule has 37 heavy (non-hydrogen) atoms. The minimum atomic E-state index is -1.25. The van der Waals surface area contributed by atoms with Crippen LogP contribution in [0.15, 0.2) is 53.7 Å². The number of anilines is 1. The van der Waals surface area contributed by atoms with Gasteiger partial charge in [0, 0.05) is 60.6 Å². The van der Waals surface area contributed by atoms with E-state index in [4.69, 9.17) is 11.6 Å². The van der Waals surface area contributed by atoms with Gasteiger partial charge in [-0.15, -0.1) is 0 Å². The molecule has 3 aromatic heterocycles. The SMILES string of the molecule is Cn1cc(-c2cnc3c(cc(C(=O)NCc4ccc(Cl)cc4)c(=O)n3CC(=O)O)c2N2CC(O)C2)cn1. The first kappa shape index (κ1) is 24.5. The van der Waals surface area contributed by atoms with E-state index in [1.807, 2.05) is 4.90 Å². The molecule has 0 radical (unpaired) electrons. The number of aliphatic hydroxyl groups excluding tert-OH is 1. The number of nitrogens with zero attached hydrogens (tertiary/aromatic N) is 5. The van der Waals surface area contributed by atoms with Crippen LogP contribution in [0.2, 0.25) is 5.02 Å². The summed E-state index contributed by atoms with van der Waals surface area (Å²) in [6, 6.07) is 8.34. The van der Waals surface area contributed by atoms with Gasteiger partial charge in [0.1, 0.15) is 17.8 Å². The van der Waals surface area contributed by atoms with Gasteiger partial charge in [0.15, 0.2) is 0 Å². The third kappa shape index (κ3) is 4.78. The fourth-order valence-electron chi connectivity index (χ4n) is 4.38. The molecule has 4 heterocycles. The number of fused-ring (bicyclic) bond motifs is 1. The van der Waals surface area contributed by atoms with Gasteiger partial charge in [0.25, 0.3) is 11.5 Å². The monoisotopic (exact) mass is 522 g/mol. The summed E-state index contributed by atoms with van der Waals surface area (Å²) in [7, 11) is 1.78. The molecule has 1 aromatic carbocycles. The average molecular weight is 523 g/mol. The summed E-state index contributed by atoms with van der Waals surface area (Å²) < 4.78 is 2.62. The number of β-amino-alcohol motifs (C(OH)–C–C–N with tert-alkyl or cyclic N) is 1. The van der Waals surface area contributed by atoms with Crippen molar-refractivity contribution in [3.8, 4) is 11.1 Å². The van der Waals surface area contributed by atoms with Crippen molar-refractivity contribution in [2.24, 2.45) is 7.05 Å². The van der Waals surface area contributed by atoms with Gasteiger partial charge in [0.2, 0.25) is 0 Å². The summed E-state index contributed by atoms with van der Waals surface area (Å²) in [5.41, 5.74) is 1.99. The topological polar surface area (TPSA) is 143 Å². The van der Waals surface area contributed by atoms with Crippen LogP contribution in [0.3, 0.4) is 0 Å². The molecule has 1 aliphatic heterocycles. The van der Waals surface area contributed by atoms with E-state index in [9.17, 15) is 24.6 Å². The van der Waals surface area contributed by atoms with Crippen LogP contribution >= 0.6 is 11.6 Å². The highest BCUT2D eigenvalue weighted by molar-refractivity contribution is 6.30. The van der Waals surface area contributed by atoms with Crippen molar-refractivity contribution in [2.45, 2.75) is 19.2 Å². The minimum Gasteiger partial charge on any atom is -0.480 e. The highest BCUT2D eigenvalue weighted by atomic mass is 35.5. The van der Waals surface area contributed by atoms with Crippen molar-refractivity contribution < 1.29 is 19.8 Å². The number of nitrogens with one attached hydrogen (secondary N) is 1. The van der Waals surface area contributed by atoms with Gasteiger partial charge in [-0.1, -0.05) is 23.7 Å². The van der Waals surface area contributed by atoms with E-state index in [0.717, 1.165) is 15.7 Å². The summed E-state index contributed by atoms with van der Waals surface area (Å²) in [6.07, 6.45) is 4.49. The first-order valence-electron chi connectivity index (χ1n) is 11.4. The number of aromatic nitrogens is 4. The Kier molecular flexibility index (Phi) is 6.40. The Morgan fingerprint density at radius 3 is 2.54 bits per heavy atom. The second-order valence-corrected chi connectivity index (χ2v) is 9.31. The van der Waals surface area contributed by atoms with Crippen LogP contribution in [0.5, 0.6) is 0 Å². The number of aryl methyl sites for hydroxylation is 1. The normalized spacial score (nSPS) is 13.5. The fraction of sp³-hybridized carbons (Fsp3) is 0.240. The van der Waals surface area contributed by atoms with Gasteiger partial charge in [-0.05, 0) is 23.8 Å². The lowest BCUT2D eigenvalue weighted by Crippen LogP contribution is -2.51. The van der Waals surface area contributed by atoms with Crippen molar-refractivity contribution in [3.05, 3.63) is 75.4 Å². The Balaban J connectivity index is 1.66. The lowest BCUT2D eigenvalue weighted by atomic mass is 10.0. The molecule has 1 saturated heterocycles. The van der Waals surface area contributed by atoms with Gasteiger partial charge in [0.05, 0.1) is 18.0 Å².